The number of carboxylic acid groups (broad SMARTS) is 1. The Balaban J connectivity index is 1.80. The molecule has 0 unspecified atom stereocenters. The third-order valence-corrected chi connectivity index (χ3v) is 5.75. The van der Waals surface area contributed by atoms with Crippen molar-refractivity contribution in [2.45, 2.75) is 19.2 Å². The Labute approximate surface area is 210 Å². The molecule has 0 aliphatic heterocycles. The molecule has 0 saturated carbocycles. The predicted octanol–water partition coefficient (Wildman–Crippen LogP) is 5.58. The number of carbonyl (C=O) groups is 1. The van der Waals surface area contributed by atoms with E-state index in [1.165, 1.54) is 31.3 Å². The van der Waals surface area contributed by atoms with Crippen molar-refractivity contribution in [1.29, 1.82) is 0 Å². The van der Waals surface area contributed by atoms with Crippen LogP contribution >= 0.6 is 15.9 Å². The number of fused-ring (bicyclic) bond motifs is 1. The lowest BCUT2D eigenvalue weighted by molar-refractivity contribution is -0.144. The highest BCUT2D eigenvalue weighted by atomic mass is 79.9. The van der Waals surface area contributed by atoms with Crippen LogP contribution in [-0.2, 0) is 11.0 Å². The summed E-state index contributed by atoms with van der Waals surface area (Å²) in [6.45, 7) is 1.39. The van der Waals surface area contributed by atoms with Gasteiger partial charge in [-0.25, -0.2) is 9.78 Å². The van der Waals surface area contributed by atoms with Crippen molar-refractivity contribution < 1.29 is 27.8 Å². The number of aromatic nitrogens is 2. The zero-order valence-electron chi connectivity index (χ0n) is 18.5. The van der Waals surface area contributed by atoms with Crippen LogP contribution in [0.1, 0.15) is 18.1 Å². The fourth-order valence-corrected chi connectivity index (χ4v) is 3.80. The molecule has 0 spiro atoms. The Morgan fingerprint density at radius 1 is 1.14 bits per heavy atom. The van der Waals surface area contributed by atoms with Crippen LogP contribution in [0.2, 0.25) is 0 Å². The fourth-order valence-electron chi connectivity index (χ4n) is 3.31. The molecule has 0 fully saturated rings. The first-order chi connectivity index (χ1) is 17.0. The number of benzene rings is 3. The van der Waals surface area contributed by atoms with Crippen LogP contribution in [0.15, 0.2) is 81.1 Å². The Morgan fingerprint density at radius 2 is 1.89 bits per heavy atom. The van der Waals surface area contributed by atoms with E-state index in [2.05, 4.69) is 26.0 Å². The van der Waals surface area contributed by atoms with Crippen molar-refractivity contribution in [3.05, 3.63) is 92.7 Å². The third-order valence-electron chi connectivity index (χ3n) is 5.13. The van der Waals surface area contributed by atoms with Crippen LogP contribution in [0.4, 0.5) is 13.2 Å². The van der Waals surface area contributed by atoms with Crippen LogP contribution in [-0.4, -0.2) is 33.1 Å². The van der Waals surface area contributed by atoms with Crippen LogP contribution < -0.4 is 10.3 Å². The smallest absolute Gasteiger partial charge is 0.416 e. The van der Waals surface area contributed by atoms with E-state index in [0.29, 0.717) is 15.6 Å². The van der Waals surface area contributed by atoms with Crippen LogP contribution in [0, 0.1) is 0 Å². The maximum Gasteiger partial charge on any atom is 0.416 e. The highest BCUT2D eigenvalue weighted by Gasteiger charge is 2.31. The van der Waals surface area contributed by atoms with Gasteiger partial charge in [0.15, 0.2) is 11.9 Å². The van der Waals surface area contributed by atoms with Gasteiger partial charge < -0.3 is 9.84 Å². The van der Waals surface area contributed by atoms with E-state index in [-0.39, 0.29) is 22.5 Å². The molecular weight excluding hydrogens is 543 g/mol. The molecule has 0 bridgehead atoms. The van der Waals surface area contributed by atoms with Crippen LogP contribution in [0.5, 0.6) is 5.75 Å². The Hall–Kier alpha value is -3.99. The highest BCUT2D eigenvalue weighted by Crippen LogP contribution is 2.32. The number of alkyl halides is 3. The van der Waals surface area contributed by atoms with Gasteiger partial charge in [-0.3, -0.25) is 4.79 Å². The second-order valence-electron chi connectivity index (χ2n) is 7.68. The molecule has 1 heterocycles. The fraction of sp³-hybridized carbons (Fsp3) is 0.120. The number of hydrogen-bond acceptors (Lipinski definition) is 5. The second kappa shape index (κ2) is 9.94. The molecule has 36 heavy (non-hydrogen) atoms. The van der Waals surface area contributed by atoms with Gasteiger partial charge in [-0.2, -0.15) is 22.9 Å². The molecule has 0 saturated heterocycles. The highest BCUT2D eigenvalue weighted by molar-refractivity contribution is 9.10. The van der Waals surface area contributed by atoms with Gasteiger partial charge in [-0.1, -0.05) is 24.3 Å². The van der Waals surface area contributed by atoms with Crippen molar-refractivity contribution in [1.82, 2.24) is 9.66 Å². The molecule has 3 aromatic carbocycles. The lowest BCUT2D eigenvalue weighted by Gasteiger charge is -2.13. The summed E-state index contributed by atoms with van der Waals surface area (Å²) in [6, 6.07) is 15.7. The number of para-hydroxylation sites is 1. The number of carboxylic acids is 1. The summed E-state index contributed by atoms with van der Waals surface area (Å²) < 4.78 is 46.7. The third kappa shape index (κ3) is 5.30. The lowest BCUT2D eigenvalue weighted by Crippen LogP contribution is -2.23. The molecule has 4 aromatic rings. The van der Waals surface area contributed by atoms with Gasteiger partial charge in [-0.15, -0.1) is 0 Å². The number of nitrogens with zero attached hydrogens (tertiary/aromatic N) is 3. The molecule has 11 heteroatoms. The molecule has 1 N–H and O–H groups in total. The average molecular weight is 560 g/mol. The average Bonchev–Trinajstić information content (AvgIpc) is 2.84. The maximum atomic E-state index is 13.3. The summed E-state index contributed by atoms with van der Waals surface area (Å²) in [5, 5.41) is 13.5. The first-order valence-electron chi connectivity index (χ1n) is 10.5. The Kier molecular flexibility index (Phi) is 6.93. The van der Waals surface area contributed by atoms with Crippen molar-refractivity contribution in [2.75, 3.05) is 0 Å². The minimum atomic E-state index is -4.57. The monoisotopic (exact) mass is 559 g/mol. The summed E-state index contributed by atoms with van der Waals surface area (Å²) >= 11 is 3.31. The maximum absolute atomic E-state index is 13.3. The van der Waals surface area contributed by atoms with Gasteiger partial charge in [0.25, 0.3) is 5.56 Å². The van der Waals surface area contributed by atoms with E-state index in [1.807, 2.05) is 0 Å². The Bertz CT molecular complexity index is 1550. The molecule has 0 aliphatic carbocycles. The number of rotatable bonds is 6. The minimum absolute atomic E-state index is 0.0599. The van der Waals surface area contributed by atoms with Gasteiger partial charge in [-0.05, 0) is 70.9 Å². The standard InChI is InChI=1S/C25H17BrF3N3O4/c1-14(24(34)35)36-21-10-9-15(11-19(21)26)13-30-32-22(16-5-4-6-17(12-16)25(27,28)29)31-20-8-3-2-7-18(20)23(32)33/h2-14H,1H3,(H,34,35)/t14-/m1/s1. The van der Waals surface area contributed by atoms with Crippen molar-refractivity contribution in [2.24, 2.45) is 5.10 Å². The van der Waals surface area contributed by atoms with Gasteiger partial charge >= 0.3 is 12.1 Å². The van der Waals surface area contributed by atoms with Crippen molar-refractivity contribution >= 4 is 39.0 Å². The topological polar surface area (TPSA) is 93.8 Å². The summed E-state index contributed by atoms with van der Waals surface area (Å²) in [5.74, 6) is -0.899. The summed E-state index contributed by atoms with van der Waals surface area (Å²) in [6.07, 6.45) is -4.31. The van der Waals surface area contributed by atoms with Gasteiger partial charge in [0, 0.05) is 5.56 Å². The van der Waals surface area contributed by atoms with E-state index < -0.39 is 29.4 Å². The molecule has 7 nitrogen and oxygen atoms in total. The van der Waals surface area contributed by atoms with E-state index in [4.69, 9.17) is 9.84 Å². The predicted molar refractivity (Wildman–Crippen MR) is 131 cm³/mol. The molecule has 1 aromatic heterocycles. The van der Waals surface area contributed by atoms with E-state index in [1.54, 1.807) is 36.4 Å². The largest absolute Gasteiger partial charge is 0.479 e. The van der Waals surface area contributed by atoms with Crippen molar-refractivity contribution in [3.8, 4) is 17.1 Å². The lowest BCUT2D eigenvalue weighted by atomic mass is 10.1. The number of ether oxygens (including phenoxy) is 1. The van der Waals surface area contributed by atoms with Crippen LogP contribution in [0.3, 0.4) is 0 Å². The Morgan fingerprint density at radius 3 is 2.58 bits per heavy atom. The zero-order valence-corrected chi connectivity index (χ0v) is 20.1. The molecule has 1 atom stereocenters. The second-order valence-corrected chi connectivity index (χ2v) is 8.54. The minimum Gasteiger partial charge on any atom is -0.479 e. The van der Waals surface area contributed by atoms with Gasteiger partial charge in [0.05, 0.1) is 27.2 Å². The van der Waals surface area contributed by atoms with E-state index >= 15 is 0 Å². The first-order valence-corrected chi connectivity index (χ1v) is 11.3. The van der Waals surface area contributed by atoms with Crippen LogP contribution in [0.25, 0.3) is 22.3 Å². The number of aliphatic carboxylic acids is 1. The van der Waals surface area contributed by atoms with Crippen molar-refractivity contribution in [3.63, 3.8) is 0 Å². The number of halogens is 4. The molecule has 184 valence electrons. The van der Waals surface area contributed by atoms with Gasteiger partial charge in [0.1, 0.15) is 5.75 Å². The molecule has 0 aliphatic rings. The molecule has 0 radical (unpaired) electrons. The molecular formula is C25H17BrF3N3O4. The zero-order chi connectivity index (χ0) is 26.0. The first kappa shape index (κ1) is 25.1. The normalized spacial score (nSPS) is 12.7. The number of hydrogen-bond donors (Lipinski definition) is 1. The molecule has 4 rings (SSSR count). The summed E-state index contributed by atoms with van der Waals surface area (Å²) in [4.78, 5) is 28.7. The van der Waals surface area contributed by atoms with E-state index in [9.17, 15) is 22.8 Å². The SMILES string of the molecule is C[C@@H](Oc1ccc(C=Nn2c(-c3cccc(C(F)(F)F)c3)nc3ccccc3c2=O)cc1Br)C(=O)O. The quantitative estimate of drug-likeness (QED) is 0.311. The summed E-state index contributed by atoms with van der Waals surface area (Å²) in [5.41, 5.74) is -0.547. The summed E-state index contributed by atoms with van der Waals surface area (Å²) in [7, 11) is 0. The van der Waals surface area contributed by atoms with Gasteiger partial charge in [0.2, 0.25) is 0 Å². The molecule has 0 amide bonds. The van der Waals surface area contributed by atoms with E-state index in [0.717, 1.165) is 16.8 Å².